The van der Waals surface area contributed by atoms with E-state index < -0.39 is 0 Å². The van der Waals surface area contributed by atoms with Gasteiger partial charge in [-0.3, -0.25) is 0 Å². The maximum Gasteiger partial charge on any atom is 0.177 e. The van der Waals surface area contributed by atoms with E-state index in [1.807, 2.05) is 0 Å². The van der Waals surface area contributed by atoms with Gasteiger partial charge in [-0.2, -0.15) is 0 Å². The number of unbranched alkanes of at least 4 members (excludes halogenated alkanes) is 3. The molecule has 1 aromatic rings. The summed E-state index contributed by atoms with van der Waals surface area (Å²) in [5.74, 6) is 0. The third-order valence-corrected chi connectivity index (χ3v) is 4.38. The highest BCUT2D eigenvalue weighted by Gasteiger charge is 2.16. The van der Waals surface area contributed by atoms with Gasteiger partial charge in [-0.1, -0.05) is 45.4 Å². The van der Waals surface area contributed by atoms with Crippen LogP contribution >= 0.6 is 12.2 Å². The van der Waals surface area contributed by atoms with E-state index in [0.29, 0.717) is 6.04 Å². The van der Waals surface area contributed by atoms with Crippen LogP contribution in [0.1, 0.15) is 76.4 Å². The number of rotatable bonds is 6. The van der Waals surface area contributed by atoms with Crippen molar-refractivity contribution < 1.29 is 0 Å². The van der Waals surface area contributed by atoms with Crippen LogP contribution < -0.4 is 0 Å². The Balaban J connectivity index is 1.91. The second-order valence-electron chi connectivity index (χ2n) is 5.59. The van der Waals surface area contributed by atoms with Crippen LogP contribution in [0, 0.1) is 4.77 Å². The number of imidazole rings is 1. The highest BCUT2D eigenvalue weighted by atomic mass is 32.1. The fraction of sp³-hybridized carbons (Fsp3) is 0.800. The highest BCUT2D eigenvalue weighted by molar-refractivity contribution is 7.71. The minimum atomic E-state index is 0.659. The van der Waals surface area contributed by atoms with Crippen LogP contribution in [0.25, 0.3) is 0 Å². The Morgan fingerprint density at radius 3 is 2.72 bits per heavy atom. The Labute approximate surface area is 116 Å². The molecule has 1 aromatic heterocycles. The van der Waals surface area contributed by atoms with Crippen molar-refractivity contribution in [3.63, 3.8) is 0 Å². The number of aryl methyl sites for hydroxylation is 1. The zero-order chi connectivity index (χ0) is 12.8. The molecule has 1 aliphatic rings. The normalized spacial score (nSPS) is 17.2. The Morgan fingerprint density at radius 1 is 1.22 bits per heavy atom. The predicted molar refractivity (Wildman–Crippen MR) is 79.6 cm³/mol. The molecule has 3 heteroatoms. The smallest absolute Gasteiger partial charge is 0.177 e. The average molecular weight is 266 g/mol. The largest absolute Gasteiger partial charge is 0.335 e. The van der Waals surface area contributed by atoms with Gasteiger partial charge in [-0.25, -0.2) is 0 Å². The topological polar surface area (TPSA) is 20.7 Å². The van der Waals surface area contributed by atoms with Gasteiger partial charge in [0.05, 0.1) is 0 Å². The van der Waals surface area contributed by atoms with Gasteiger partial charge in [0.1, 0.15) is 0 Å². The van der Waals surface area contributed by atoms with Crippen LogP contribution in [0.5, 0.6) is 0 Å². The van der Waals surface area contributed by atoms with Gasteiger partial charge in [0.15, 0.2) is 4.77 Å². The summed E-state index contributed by atoms with van der Waals surface area (Å²) in [7, 11) is 0. The van der Waals surface area contributed by atoms with Crippen molar-refractivity contribution in [3.05, 3.63) is 16.7 Å². The van der Waals surface area contributed by atoms with Crippen LogP contribution in [0.2, 0.25) is 0 Å². The van der Waals surface area contributed by atoms with E-state index in [4.69, 9.17) is 12.2 Å². The molecule has 0 amide bonds. The van der Waals surface area contributed by atoms with Gasteiger partial charge in [-0.05, 0) is 37.9 Å². The van der Waals surface area contributed by atoms with Gasteiger partial charge in [0.25, 0.3) is 0 Å². The van der Waals surface area contributed by atoms with Crippen LogP contribution in [0.15, 0.2) is 6.20 Å². The van der Waals surface area contributed by atoms with Crippen molar-refractivity contribution in [2.75, 3.05) is 0 Å². The number of hydrogen-bond donors (Lipinski definition) is 1. The van der Waals surface area contributed by atoms with E-state index in [1.165, 1.54) is 63.5 Å². The van der Waals surface area contributed by atoms with E-state index in [-0.39, 0.29) is 0 Å². The maximum atomic E-state index is 5.46. The van der Waals surface area contributed by atoms with Crippen molar-refractivity contribution in [2.24, 2.45) is 0 Å². The monoisotopic (exact) mass is 266 g/mol. The third-order valence-electron chi connectivity index (χ3n) is 4.06. The van der Waals surface area contributed by atoms with E-state index in [1.54, 1.807) is 0 Å². The first-order chi connectivity index (χ1) is 8.81. The van der Waals surface area contributed by atoms with Crippen LogP contribution in [-0.4, -0.2) is 9.55 Å². The molecule has 0 saturated heterocycles. The fourth-order valence-corrected chi connectivity index (χ4v) is 3.29. The predicted octanol–water partition coefficient (Wildman–Crippen LogP) is 5.17. The molecule has 2 rings (SSSR count). The van der Waals surface area contributed by atoms with Crippen molar-refractivity contribution in [3.8, 4) is 0 Å². The Bertz CT molecular complexity index is 399. The van der Waals surface area contributed by atoms with Gasteiger partial charge in [0.2, 0.25) is 0 Å². The van der Waals surface area contributed by atoms with E-state index in [9.17, 15) is 0 Å². The fourth-order valence-electron chi connectivity index (χ4n) is 2.96. The second-order valence-corrected chi connectivity index (χ2v) is 5.98. The Kier molecular flexibility index (Phi) is 5.48. The van der Waals surface area contributed by atoms with Crippen LogP contribution in [0.4, 0.5) is 0 Å². The molecule has 0 aliphatic heterocycles. The quantitative estimate of drug-likeness (QED) is 0.556. The molecule has 18 heavy (non-hydrogen) atoms. The lowest BCUT2D eigenvalue weighted by atomic mass is 9.95. The molecule has 1 saturated carbocycles. The minimum absolute atomic E-state index is 0.659. The molecule has 0 aromatic carbocycles. The number of aromatic nitrogens is 2. The molecule has 1 heterocycles. The lowest BCUT2D eigenvalue weighted by Crippen LogP contribution is -2.11. The first-order valence-corrected chi connectivity index (χ1v) is 8.02. The van der Waals surface area contributed by atoms with Crippen molar-refractivity contribution >= 4 is 12.2 Å². The molecule has 0 bridgehead atoms. The Hall–Kier alpha value is -0.570. The van der Waals surface area contributed by atoms with Crippen LogP contribution in [-0.2, 0) is 6.42 Å². The van der Waals surface area contributed by atoms with Gasteiger partial charge >= 0.3 is 0 Å². The molecule has 1 N–H and O–H groups in total. The standard InChI is InChI=1S/C15H26N2S/c1-2-3-4-6-9-13-12-17(15(18)16-13)14-10-7-5-8-11-14/h12,14H,2-11H2,1H3,(H,16,18). The van der Waals surface area contributed by atoms with E-state index >= 15 is 0 Å². The van der Waals surface area contributed by atoms with Gasteiger partial charge < -0.3 is 9.55 Å². The van der Waals surface area contributed by atoms with Crippen LogP contribution in [0.3, 0.4) is 0 Å². The summed E-state index contributed by atoms with van der Waals surface area (Å²) in [6.07, 6.45) is 15.5. The molecule has 1 aliphatic carbocycles. The number of H-pyrrole nitrogens is 1. The van der Waals surface area contributed by atoms with Gasteiger partial charge in [-0.15, -0.1) is 0 Å². The molecule has 102 valence electrons. The zero-order valence-corrected chi connectivity index (χ0v) is 12.4. The highest BCUT2D eigenvalue weighted by Crippen LogP contribution is 2.28. The third kappa shape index (κ3) is 3.71. The number of hydrogen-bond acceptors (Lipinski definition) is 1. The summed E-state index contributed by atoms with van der Waals surface area (Å²) in [4.78, 5) is 3.40. The number of nitrogens with one attached hydrogen (secondary N) is 1. The number of aromatic amines is 1. The first-order valence-electron chi connectivity index (χ1n) is 7.61. The summed E-state index contributed by atoms with van der Waals surface area (Å²) >= 11 is 5.46. The first kappa shape index (κ1) is 13.9. The molecular formula is C15H26N2S. The second kappa shape index (κ2) is 7.13. The molecular weight excluding hydrogens is 240 g/mol. The summed E-state index contributed by atoms with van der Waals surface area (Å²) in [5.41, 5.74) is 1.33. The maximum absolute atomic E-state index is 5.46. The van der Waals surface area contributed by atoms with E-state index in [2.05, 4.69) is 22.7 Å². The van der Waals surface area contributed by atoms with E-state index in [0.717, 1.165) is 11.2 Å². The molecule has 0 atom stereocenters. The molecule has 2 nitrogen and oxygen atoms in total. The molecule has 0 spiro atoms. The van der Waals surface area contributed by atoms with Crippen molar-refractivity contribution in [2.45, 2.75) is 77.2 Å². The summed E-state index contributed by atoms with van der Waals surface area (Å²) < 4.78 is 3.26. The molecule has 0 radical (unpaired) electrons. The minimum Gasteiger partial charge on any atom is -0.335 e. The van der Waals surface area contributed by atoms with Gasteiger partial charge in [0, 0.05) is 17.9 Å². The molecule has 0 unspecified atom stereocenters. The lowest BCUT2D eigenvalue weighted by Gasteiger charge is -2.22. The Morgan fingerprint density at radius 2 is 2.00 bits per heavy atom. The zero-order valence-electron chi connectivity index (χ0n) is 11.6. The summed E-state index contributed by atoms with van der Waals surface area (Å²) in [5, 5.41) is 0. The van der Waals surface area contributed by atoms with Crippen molar-refractivity contribution in [1.82, 2.24) is 9.55 Å². The summed E-state index contributed by atoms with van der Waals surface area (Å²) in [6, 6.07) is 0.659. The summed E-state index contributed by atoms with van der Waals surface area (Å²) in [6.45, 7) is 2.26. The SMILES string of the molecule is CCCCCCc1cn(C2CCCCC2)c(=S)[nH]1. The van der Waals surface area contributed by atoms with Crippen molar-refractivity contribution in [1.29, 1.82) is 0 Å². The average Bonchev–Trinajstić information content (AvgIpc) is 2.77. The molecule has 1 fully saturated rings. The number of nitrogens with zero attached hydrogens (tertiary/aromatic N) is 1. The lowest BCUT2D eigenvalue weighted by molar-refractivity contribution is 0.350.